The van der Waals surface area contributed by atoms with E-state index in [1.807, 2.05) is 13.0 Å². The Balaban J connectivity index is 2.95. The Hall–Kier alpha value is -1.20. The van der Waals surface area contributed by atoms with Crippen LogP contribution < -0.4 is 0 Å². The number of nitriles is 1. The third-order valence-electron chi connectivity index (χ3n) is 1.17. The minimum Gasteiger partial charge on any atom is -0.460 e. The van der Waals surface area contributed by atoms with Gasteiger partial charge in [0.25, 0.3) is 0 Å². The molecule has 1 rings (SSSR count). The number of halogens is 1. The van der Waals surface area contributed by atoms with E-state index in [0.717, 1.165) is 5.76 Å². The van der Waals surface area contributed by atoms with E-state index in [1.54, 1.807) is 12.1 Å². The molecule has 0 saturated heterocycles. The fourth-order valence-corrected chi connectivity index (χ4v) is 0.841. The molecule has 56 valence electrons. The maximum absolute atomic E-state index is 8.25. The van der Waals surface area contributed by atoms with Crippen LogP contribution in [0.4, 0.5) is 0 Å². The lowest BCUT2D eigenvalue weighted by atomic mass is 10.4. The molecular weight excluding hydrogens is 162 g/mol. The molecule has 0 aliphatic heterocycles. The number of furan rings is 1. The van der Waals surface area contributed by atoms with Gasteiger partial charge in [0.15, 0.2) is 0 Å². The van der Waals surface area contributed by atoms with E-state index in [1.165, 1.54) is 6.08 Å². The molecule has 1 aromatic rings. The summed E-state index contributed by atoms with van der Waals surface area (Å²) in [7, 11) is 0. The molecule has 0 radical (unpaired) electrons. The molecule has 0 aromatic carbocycles. The van der Waals surface area contributed by atoms with Gasteiger partial charge in [-0.2, -0.15) is 5.26 Å². The first kappa shape index (κ1) is 7.90. The van der Waals surface area contributed by atoms with Crippen LogP contribution in [0.2, 0.25) is 0 Å². The van der Waals surface area contributed by atoms with E-state index in [2.05, 4.69) is 0 Å². The van der Waals surface area contributed by atoms with Crippen molar-refractivity contribution in [3.05, 3.63) is 29.7 Å². The van der Waals surface area contributed by atoms with E-state index >= 15 is 0 Å². The highest BCUT2D eigenvalue weighted by Crippen LogP contribution is 2.20. The molecule has 0 aliphatic rings. The number of aryl methyl sites for hydroxylation is 1. The summed E-state index contributed by atoms with van der Waals surface area (Å²) in [5.41, 5.74) is 0. The first-order chi connectivity index (χ1) is 5.24. The SMILES string of the molecule is Cc1ccc(/C(Cl)=C/C#N)o1. The van der Waals surface area contributed by atoms with Crippen molar-refractivity contribution in [2.75, 3.05) is 0 Å². The highest BCUT2D eigenvalue weighted by atomic mass is 35.5. The highest BCUT2D eigenvalue weighted by molar-refractivity contribution is 6.48. The Morgan fingerprint density at radius 3 is 2.91 bits per heavy atom. The van der Waals surface area contributed by atoms with Gasteiger partial charge in [-0.05, 0) is 19.1 Å². The fourth-order valence-electron chi connectivity index (χ4n) is 0.691. The lowest BCUT2D eigenvalue weighted by Gasteiger charge is -1.87. The predicted molar refractivity (Wildman–Crippen MR) is 42.9 cm³/mol. The Kier molecular flexibility index (Phi) is 2.35. The normalized spacial score (nSPS) is 11.2. The number of rotatable bonds is 1. The molecule has 0 fully saturated rings. The lowest BCUT2D eigenvalue weighted by molar-refractivity contribution is 0.524. The van der Waals surface area contributed by atoms with E-state index in [9.17, 15) is 0 Å². The third-order valence-corrected chi connectivity index (χ3v) is 1.46. The van der Waals surface area contributed by atoms with Crippen LogP contribution in [0.15, 0.2) is 22.6 Å². The summed E-state index contributed by atoms with van der Waals surface area (Å²) in [6.07, 6.45) is 1.24. The van der Waals surface area contributed by atoms with E-state index in [-0.39, 0.29) is 0 Å². The highest BCUT2D eigenvalue weighted by Gasteiger charge is 2.01. The summed E-state index contributed by atoms with van der Waals surface area (Å²) in [5.74, 6) is 1.32. The molecule has 0 saturated carbocycles. The Morgan fingerprint density at radius 2 is 2.45 bits per heavy atom. The Bertz CT molecular complexity index is 319. The summed E-state index contributed by atoms with van der Waals surface area (Å²) < 4.78 is 5.15. The van der Waals surface area contributed by atoms with Crippen LogP contribution >= 0.6 is 11.6 Å². The largest absolute Gasteiger partial charge is 0.460 e. The smallest absolute Gasteiger partial charge is 0.146 e. The summed E-state index contributed by atoms with van der Waals surface area (Å²) >= 11 is 5.66. The van der Waals surface area contributed by atoms with Crippen molar-refractivity contribution < 1.29 is 4.42 Å². The molecule has 0 spiro atoms. The minimum atomic E-state index is 0.334. The van der Waals surface area contributed by atoms with Crippen LogP contribution in [0.5, 0.6) is 0 Å². The molecule has 0 amide bonds. The molecule has 0 N–H and O–H groups in total. The molecule has 3 heteroatoms. The molecule has 0 aliphatic carbocycles. The zero-order valence-electron chi connectivity index (χ0n) is 5.97. The van der Waals surface area contributed by atoms with Crippen LogP contribution in [0.25, 0.3) is 5.03 Å². The molecule has 1 heterocycles. The van der Waals surface area contributed by atoms with Gasteiger partial charge in [0.05, 0.1) is 11.1 Å². The Labute approximate surface area is 69.7 Å². The number of allylic oxidation sites excluding steroid dienone is 1. The van der Waals surface area contributed by atoms with Crippen molar-refractivity contribution >= 4 is 16.6 Å². The van der Waals surface area contributed by atoms with E-state index in [4.69, 9.17) is 21.3 Å². The molecule has 0 bridgehead atoms. The van der Waals surface area contributed by atoms with Crippen LogP contribution in [-0.4, -0.2) is 0 Å². The number of nitrogens with zero attached hydrogens (tertiary/aromatic N) is 1. The molecule has 1 aromatic heterocycles. The number of hydrogen-bond donors (Lipinski definition) is 0. The summed E-state index contributed by atoms with van der Waals surface area (Å²) in [4.78, 5) is 0. The second-order valence-electron chi connectivity index (χ2n) is 2.03. The lowest BCUT2D eigenvalue weighted by Crippen LogP contribution is -1.67. The molecule has 11 heavy (non-hydrogen) atoms. The van der Waals surface area contributed by atoms with Gasteiger partial charge in [0.1, 0.15) is 11.5 Å². The van der Waals surface area contributed by atoms with Gasteiger partial charge in [-0.3, -0.25) is 0 Å². The van der Waals surface area contributed by atoms with Crippen molar-refractivity contribution in [2.45, 2.75) is 6.92 Å². The van der Waals surface area contributed by atoms with Crippen molar-refractivity contribution in [1.82, 2.24) is 0 Å². The second kappa shape index (κ2) is 3.27. The molecule has 0 atom stereocenters. The number of hydrogen-bond acceptors (Lipinski definition) is 2. The predicted octanol–water partition coefficient (Wildman–Crippen LogP) is 2.69. The van der Waals surface area contributed by atoms with Gasteiger partial charge in [0, 0.05) is 6.08 Å². The van der Waals surface area contributed by atoms with Gasteiger partial charge < -0.3 is 4.42 Å². The van der Waals surface area contributed by atoms with Gasteiger partial charge >= 0.3 is 0 Å². The third kappa shape index (κ3) is 1.86. The van der Waals surface area contributed by atoms with E-state index in [0.29, 0.717) is 10.8 Å². The van der Waals surface area contributed by atoms with Crippen LogP contribution in [0.1, 0.15) is 11.5 Å². The van der Waals surface area contributed by atoms with Crippen LogP contribution in [-0.2, 0) is 0 Å². The molecular formula is C8H6ClNO. The average molecular weight is 168 g/mol. The second-order valence-corrected chi connectivity index (χ2v) is 2.44. The van der Waals surface area contributed by atoms with Crippen molar-refractivity contribution in [3.8, 4) is 6.07 Å². The van der Waals surface area contributed by atoms with Gasteiger partial charge in [0.2, 0.25) is 0 Å². The summed E-state index contributed by atoms with van der Waals surface area (Å²) in [5, 5.41) is 8.59. The van der Waals surface area contributed by atoms with Gasteiger partial charge in [-0.15, -0.1) is 0 Å². The minimum absolute atomic E-state index is 0.334. The van der Waals surface area contributed by atoms with Crippen molar-refractivity contribution in [1.29, 1.82) is 5.26 Å². The zero-order chi connectivity index (χ0) is 8.27. The van der Waals surface area contributed by atoms with Crippen molar-refractivity contribution in [2.24, 2.45) is 0 Å². The van der Waals surface area contributed by atoms with Gasteiger partial charge in [-0.25, -0.2) is 0 Å². The standard InChI is InChI=1S/C8H6ClNO/c1-6-2-3-8(11-6)7(9)4-5-10/h2-4H,1H3/b7-4-. The van der Waals surface area contributed by atoms with Crippen LogP contribution in [0.3, 0.4) is 0 Å². The summed E-state index contributed by atoms with van der Waals surface area (Å²) in [6, 6.07) is 5.34. The quantitative estimate of drug-likeness (QED) is 0.603. The monoisotopic (exact) mass is 167 g/mol. The molecule has 2 nitrogen and oxygen atoms in total. The summed E-state index contributed by atoms with van der Waals surface area (Å²) in [6.45, 7) is 1.82. The maximum Gasteiger partial charge on any atom is 0.146 e. The molecule has 0 unspecified atom stereocenters. The van der Waals surface area contributed by atoms with Crippen LogP contribution in [0, 0.1) is 18.3 Å². The van der Waals surface area contributed by atoms with Gasteiger partial charge in [-0.1, -0.05) is 11.6 Å². The zero-order valence-corrected chi connectivity index (χ0v) is 6.72. The van der Waals surface area contributed by atoms with E-state index < -0.39 is 0 Å². The topological polar surface area (TPSA) is 36.9 Å². The van der Waals surface area contributed by atoms with Crippen molar-refractivity contribution in [3.63, 3.8) is 0 Å². The Morgan fingerprint density at radius 1 is 1.73 bits per heavy atom. The first-order valence-electron chi connectivity index (χ1n) is 3.06. The average Bonchev–Trinajstić information content (AvgIpc) is 2.36. The fraction of sp³-hybridized carbons (Fsp3) is 0.125. The first-order valence-corrected chi connectivity index (χ1v) is 3.44. The maximum atomic E-state index is 8.25.